The van der Waals surface area contributed by atoms with Crippen LogP contribution in [0.3, 0.4) is 0 Å². The molecule has 2 heterocycles. The fraction of sp³-hybridized carbons (Fsp3) is 0.0476. The van der Waals surface area contributed by atoms with Crippen LogP contribution in [0.15, 0.2) is 269 Å². The Morgan fingerprint density at radius 3 is 1.41 bits per heavy atom. The van der Waals surface area contributed by atoms with Crippen LogP contribution in [0, 0.1) is 0 Å². The molecule has 13 rings (SSSR count). The minimum atomic E-state index is -0.219. The molecular formula is C63H45BN2S2. The summed E-state index contributed by atoms with van der Waals surface area (Å²) in [6, 6.07) is 84.5. The van der Waals surface area contributed by atoms with Crippen molar-refractivity contribution in [3.05, 3.63) is 254 Å². The van der Waals surface area contributed by atoms with Crippen LogP contribution >= 0.6 is 23.5 Å². The Morgan fingerprint density at radius 1 is 0.426 bits per heavy atom. The molecule has 5 heteroatoms. The van der Waals surface area contributed by atoms with Gasteiger partial charge in [0.25, 0.3) is 0 Å². The number of fused-ring (bicyclic) bond motifs is 6. The van der Waals surface area contributed by atoms with Crippen LogP contribution in [-0.4, -0.2) is 12.0 Å². The van der Waals surface area contributed by atoms with Gasteiger partial charge in [0.15, 0.2) is 0 Å². The maximum absolute atomic E-state index is 2.56. The number of nitrogens with zero attached hydrogens (tertiary/aromatic N) is 2. The number of hydrogen-bond acceptors (Lipinski definition) is 4. The lowest BCUT2D eigenvalue weighted by Gasteiger charge is -2.48. The second-order valence-electron chi connectivity index (χ2n) is 18.2. The number of benzene rings is 10. The van der Waals surface area contributed by atoms with Crippen molar-refractivity contribution in [2.75, 3.05) is 9.80 Å². The fourth-order valence-electron chi connectivity index (χ4n) is 11.1. The van der Waals surface area contributed by atoms with Gasteiger partial charge in [-0.3, -0.25) is 0 Å². The monoisotopic (exact) mass is 904 g/mol. The van der Waals surface area contributed by atoms with Crippen molar-refractivity contribution < 1.29 is 0 Å². The number of anilines is 5. The number of hydrogen-bond donors (Lipinski definition) is 0. The van der Waals surface area contributed by atoms with Crippen LogP contribution in [0.25, 0.3) is 43.8 Å². The average molecular weight is 905 g/mol. The molecular weight excluding hydrogens is 860 g/mol. The van der Waals surface area contributed by atoms with E-state index in [1.54, 1.807) is 0 Å². The van der Waals surface area contributed by atoms with Crippen molar-refractivity contribution in [1.29, 1.82) is 0 Å². The predicted molar refractivity (Wildman–Crippen MR) is 293 cm³/mol. The molecule has 2 atom stereocenters. The molecule has 68 heavy (non-hydrogen) atoms. The van der Waals surface area contributed by atoms with Gasteiger partial charge in [-0.2, -0.15) is 0 Å². The van der Waals surface area contributed by atoms with Gasteiger partial charge in [0.2, 0.25) is 6.71 Å². The van der Waals surface area contributed by atoms with Crippen molar-refractivity contribution in [3.63, 3.8) is 0 Å². The van der Waals surface area contributed by atoms with Gasteiger partial charge < -0.3 is 9.80 Å². The molecule has 0 saturated carbocycles. The van der Waals surface area contributed by atoms with Gasteiger partial charge in [0.1, 0.15) is 0 Å². The molecule has 0 fully saturated rings. The van der Waals surface area contributed by atoms with E-state index < -0.39 is 0 Å². The lowest BCUT2D eigenvalue weighted by Crippen LogP contribution is -2.59. The molecule has 2 aliphatic heterocycles. The summed E-state index contributed by atoms with van der Waals surface area (Å²) >= 11 is 3.98. The van der Waals surface area contributed by atoms with Crippen molar-refractivity contribution >= 4 is 91.1 Å². The molecule has 10 aromatic rings. The highest BCUT2D eigenvalue weighted by Crippen LogP contribution is 2.57. The molecule has 322 valence electrons. The first-order chi connectivity index (χ1) is 33.6. The first-order valence-electron chi connectivity index (χ1n) is 23.5. The highest BCUT2D eigenvalue weighted by molar-refractivity contribution is 8.01. The van der Waals surface area contributed by atoms with E-state index in [-0.39, 0.29) is 17.3 Å². The molecule has 2 nitrogen and oxygen atoms in total. The van der Waals surface area contributed by atoms with E-state index in [0.717, 1.165) is 28.4 Å². The molecule has 0 bridgehead atoms. The second kappa shape index (κ2) is 16.7. The molecule has 1 aliphatic carbocycles. The van der Waals surface area contributed by atoms with Crippen molar-refractivity contribution in [2.24, 2.45) is 0 Å². The van der Waals surface area contributed by atoms with Crippen molar-refractivity contribution in [1.82, 2.24) is 0 Å². The van der Waals surface area contributed by atoms with E-state index >= 15 is 0 Å². The van der Waals surface area contributed by atoms with E-state index in [9.17, 15) is 0 Å². The van der Waals surface area contributed by atoms with Crippen LogP contribution in [0.4, 0.5) is 28.4 Å². The van der Waals surface area contributed by atoms with Crippen LogP contribution in [-0.2, 0) is 0 Å². The van der Waals surface area contributed by atoms with E-state index in [1.165, 1.54) is 75.1 Å². The standard InChI is InChI=1S/C63H45BN2S2/c1-63-38-37-50(66(47-27-13-5-14-28-47)48-29-15-6-16-30-48)42-59(63)68-58-40-44(61-53-33-19-17-31-51(53)60(43-21-7-2-8-22-43)52-32-18-20-34-54(52)61)39-57-62(58)64(63)55-36-35-49(41-56(55)67-57)65(45-23-9-3-10-24-45)46-25-11-4-12-26-46/h2-42,59H,1H3. The summed E-state index contributed by atoms with van der Waals surface area (Å²) in [7, 11) is 0. The van der Waals surface area contributed by atoms with Gasteiger partial charge in [-0.15, -0.1) is 11.8 Å². The molecule has 2 unspecified atom stereocenters. The highest BCUT2D eigenvalue weighted by Gasteiger charge is 2.52. The first kappa shape index (κ1) is 40.8. The first-order valence-corrected chi connectivity index (χ1v) is 25.2. The highest BCUT2D eigenvalue weighted by atomic mass is 32.2. The Kier molecular flexibility index (Phi) is 10.0. The SMILES string of the molecule is CC12C=CC(N(c3ccccc3)c3ccccc3)=CC1Sc1cc(-c3c4ccccc4c(-c4ccccc4)c4ccccc34)cc3c1B2c1ccc(N(c2ccccc2)c2ccccc2)cc1S3. The number of rotatable bonds is 8. The molecule has 0 radical (unpaired) electrons. The zero-order valence-electron chi connectivity index (χ0n) is 37.5. The van der Waals surface area contributed by atoms with Gasteiger partial charge in [0, 0.05) is 54.1 Å². The van der Waals surface area contributed by atoms with Gasteiger partial charge >= 0.3 is 0 Å². The molecule has 0 amide bonds. The number of allylic oxidation sites excluding steroid dienone is 2. The maximum atomic E-state index is 2.56. The summed E-state index contributed by atoms with van der Waals surface area (Å²) in [4.78, 5) is 8.81. The lowest BCUT2D eigenvalue weighted by molar-refractivity contribution is 0.748. The van der Waals surface area contributed by atoms with E-state index in [1.807, 2.05) is 23.5 Å². The predicted octanol–water partition coefficient (Wildman–Crippen LogP) is 16.4. The Labute approximate surface area is 407 Å². The van der Waals surface area contributed by atoms with Gasteiger partial charge in [-0.05, 0) is 140 Å². The lowest BCUT2D eigenvalue weighted by atomic mass is 9.26. The Balaban J connectivity index is 1.04. The third kappa shape index (κ3) is 6.75. The molecule has 10 aromatic carbocycles. The maximum Gasteiger partial charge on any atom is 0.224 e. The van der Waals surface area contributed by atoms with Gasteiger partial charge in [-0.1, -0.05) is 188 Å². The third-order valence-electron chi connectivity index (χ3n) is 14.2. The number of para-hydroxylation sites is 4. The van der Waals surface area contributed by atoms with Gasteiger partial charge in [-0.25, -0.2) is 0 Å². The Bertz CT molecular complexity index is 3460. The smallest absolute Gasteiger partial charge is 0.224 e. The summed E-state index contributed by atoms with van der Waals surface area (Å²) < 4.78 is 0. The third-order valence-corrected chi connectivity index (χ3v) is 16.8. The van der Waals surface area contributed by atoms with Crippen molar-refractivity contribution in [3.8, 4) is 22.3 Å². The summed E-state index contributed by atoms with van der Waals surface area (Å²) in [6.07, 6.45) is 7.49. The number of thioether (sulfide) groups is 1. The normalized spacial score (nSPS) is 16.7. The molecule has 3 aliphatic rings. The van der Waals surface area contributed by atoms with Crippen LogP contribution in [0.5, 0.6) is 0 Å². The second-order valence-corrected chi connectivity index (χ2v) is 20.5. The van der Waals surface area contributed by atoms with E-state index in [4.69, 9.17) is 0 Å². The zero-order chi connectivity index (χ0) is 45.2. The molecule has 0 saturated heterocycles. The summed E-state index contributed by atoms with van der Waals surface area (Å²) in [5.41, 5.74) is 14.8. The van der Waals surface area contributed by atoms with Gasteiger partial charge in [0.05, 0.1) is 0 Å². The Hall–Kier alpha value is -7.44. The summed E-state index contributed by atoms with van der Waals surface area (Å²) in [5.74, 6) is 0. The van der Waals surface area contributed by atoms with E-state index in [0.29, 0.717) is 0 Å². The minimum Gasteiger partial charge on any atom is -0.311 e. The zero-order valence-corrected chi connectivity index (χ0v) is 39.2. The van der Waals surface area contributed by atoms with Crippen LogP contribution in [0.2, 0.25) is 5.31 Å². The minimum absolute atomic E-state index is 0.130. The van der Waals surface area contributed by atoms with Crippen molar-refractivity contribution in [2.45, 2.75) is 32.2 Å². The fourth-order valence-corrected chi connectivity index (χ4v) is 13.9. The molecule has 0 spiro atoms. The van der Waals surface area contributed by atoms with Crippen LogP contribution < -0.4 is 20.7 Å². The summed E-state index contributed by atoms with van der Waals surface area (Å²) in [6.45, 7) is 2.64. The quantitative estimate of drug-likeness (QED) is 0.111. The topological polar surface area (TPSA) is 6.48 Å². The van der Waals surface area contributed by atoms with E-state index in [2.05, 4.69) is 265 Å². The average Bonchev–Trinajstić information content (AvgIpc) is 3.39. The Morgan fingerprint density at radius 2 is 0.882 bits per heavy atom. The summed E-state index contributed by atoms with van der Waals surface area (Å²) in [5, 5.41) is 5.01. The molecule has 0 N–H and O–H groups in total. The largest absolute Gasteiger partial charge is 0.311 e. The van der Waals surface area contributed by atoms with Crippen LogP contribution in [0.1, 0.15) is 6.92 Å². The molecule has 0 aromatic heterocycles.